The average Bonchev–Trinajstić information content (AvgIpc) is 3.83. The summed E-state index contributed by atoms with van der Waals surface area (Å²) in [4.78, 5) is 2.38. The van der Waals surface area contributed by atoms with Crippen molar-refractivity contribution in [2.75, 3.05) is 4.90 Å². The molecule has 0 amide bonds. The molecule has 0 N–H and O–H groups in total. The highest BCUT2D eigenvalue weighted by molar-refractivity contribution is 7.27. The largest absolute Gasteiger partial charge is 0.454 e. The third-order valence-electron chi connectivity index (χ3n) is 9.39. The standard InChI is InChI=1S/C44H28N2OS/c1-3-13-29(14-4-1)30-25-27-32(28-26-30)45(38-22-11-19-34-33-17-8-10-24-40(33)47-42(34)38)39-23-12-20-36-41-44(48-43(36)39)35-18-7-9-21-37(35)46(41)31-15-5-2-6-16-31/h1-28H. The monoisotopic (exact) mass is 632 g/mol. The van der Waals surface area contributed by atoms with Gasteiger partial charge in [0.05, 0.1) is 31.8 Å². The predicted octanol–water partition coefficient (Wildman–Crippen LogP) is 13.0. The highest BCUT2D eigenvalue weighted by Crippen LogP contribution is 2.50. The van der Waals surface area contributed by atoms with Gasteiger partial charge in [-0.2, -0.15) is 0 Å². The molecule has 0 aliphatic heterocycles. The molecular formula is C44H28N2OS. The second-order valence-electron chi connectivity index (χ2n) is 12.1. The fourth-order valence-corrected chi connectivity index (χ4v) is 8.57. The first-order valence-electron chi connectivity index (χ1n) is 16.2. The van der Waals surface area contributed by atoms with Crippen molar-refractivity contribution in [3.8, 4) is 16.8 Å². The van der Waals surface area contributed by atoms with Crippen LogP contribution in [0.3, 0.4) is 0 Å². The molecule has 3 nitrogen and oxygen atoms in total. The number of hydrogen-bond donors (Lipinski definition) is 0. The summed E-state index contributed by atoms with van der Waals surface area (Å²) in [6.07, 6.45) is 0. The average molecular weight is 633 g/mol. The minimum absolute atomic E-state index is 0.878. The van der Waals surface area contributed by atoms with Crippen molar-refractivity contribution in [3.63, 3.8) is 0 Å². The van der Waals surface area contributed by atoms with Crippen molar-refractivity contribution in [1.82, 2.24) is 4.57 Å². The van der Waals surface area contributed by atoms with Crippen LogP contribution < -0.4 is 4.90 Å². The summed E-state index contributed by atoms with van der Waals surface area (Å²) in [5.41, 5.74) is 11.0. The Morgan fingerprint density at radius 1 is 0.458 bits per heavy atom. The van der Waals surface area contributed by atoms with Crippen molar-refractivity contribution in [2.45, 2.75) is 0 Å². The van der Waals surface area contributed by atoms with Gasteiger partial charge < -0.3 is 13.9 Å². The second kappa shape index (κ2) is 10.7. The Labute approximate surface area is 281 Å². The van der Waals surface area contributed by atoms with Crippen molar-refractivity contribution < 1.29 is 4.42 Å². The van der Waals surface area contributed by atoms with Gasteiger partial charge in [0.15, 0.2) is 5.58 Å². The summed E-state index contributed by atoms with van der Waals surface area (Å²) >= 11 is 1.87. The van der Waals surface area contributed by atoms with Gasteiger partial charge in [-0.1, -0.05) is 121 Å². The number of furan rings is 1. The molecule has 0 saturated carbocycles. The first-order valence-corrected chi connectivity index (χ1v) is 17.0. The quantitative estimate of drug-likeness (QED) is 0.188. The minimum atomic E-state index is 0.878. The Kier molecular flexibility index (Phi) is 6.05. The molecule has 0 radical (unpaired) electrons. The zero-order valence-corrected chi connectivity index (χ0v) is 26.7. The van der Waals surface area contributed by atoms with Gasteiger partial charge >= 0.3 is 0 Å². The van der Waals surface area contributed by atoms with E-state index in [4.69, 9.17) is 4.42 Å². The topological polar surface area (TPSA) is 21.3 Å². The minimum Gasteiger partial charge on any atom is -0.454 e. The Bertz CT molecular complexity index is 2770. The lowest BCUT2D eigenvalue weighted by atomic mass is 10.0. The normalized spacial score (nSPS) is 11.8. The number of rotatable bonds is 5. The third-order valence-corrected chi connectivity index (χ3v) is 10.6. The van der Waals surface area contributed by atoms with Crippen LogP contribution in [0.4, 0.5) is 17.1 Å². The maximum Gasteiger partial charge on any atom is 0.159 e. The summed E-state index contributed by atoms with van der Waals surface area (Å²) in [7, 11) is 0. The van der Waals surface area contributed by atoms with Crippen LogP contribution in [0.2, 0.25) is 0 Å². The van der Waals surface area contributed by atoms with Gasteiger partial charge in [-0.3, -0.25) is 0 Å². The van der Waals surface area contributed by atoms with E-state index in [9.17, 15) is 0 Å². The maximum atomic E-state index is 6.65. The van der Waals surface area contributed by atoms with Crippen molar-refractivity contribution in [2.24, 2.45) is 0 Å². The van der Waals surface area contributed by atoms with Crippen molar-refractivity contribution in [3.05, 3.63) is 170 Å². The summed E-state index contributed by atoms with van der Waals surface area (Å²) in [5.74, 6) is 0. The van der Waals surface area contributed by atoms with Crippen LogP contribution in [0, 0.1) is 0 Å². The number of thiophene rings is 1. The molecule has 4 heteroatoms. The summed E-state index contributed by atoms with van der Waals surface area (Å²) in [6.45, 7) is 0. The van der Waals surface area contributed by atoms with Gasteiger partial charge in [0.25, 0.3) is 0 Å². The lowest BCUT2D eigenvalue weighted by Gasteiger charge is -2.26. The van der Waals surface area contributed by atoms with Crippen LogP contribution in [0.15, 0.2) is 174 Å². The van der Waals surface area contributed by atoms with Crippen LogP contribution in [-0.4, -0.2) is 4.57 Å². The highest BCUT2D eigenvalue weighted by Gasteiger charge is 2.24. The number of para-hydroxylation sites is 4. The van der Waals surface area contributed by atoms with Gasteiger partial charge in [0.2, 0.25) is 0 Å². The fourth-order valence-electron chi connectivity index (χ4n) is 7.25. The molecular weight excluding hydrogens is 605 g/mol. The number of aromatic nitrogens is 1. The summed E-state index contributed by atoms with van der Waals surface area (Å²) in [5, 5.41) is 4.73. The number of benzene rings is 7. The Hall–Kier alpha value is -6.10. The van der Waals surface area contributed by atoms with Gasteiger partial charge in [0.1, 0.15) is 5.58 Å². The van der Waals surface area contributed by atoms with E-state index >= 15 is 0 Å². The molecule has 10 aromatic rings. The predicted molar refractivity (Wildman–Crippen MR) is 204 cm³/mol. The molecule has 48 heavy (non-hydrogen) atoms. The Balaban J connectivity index is 1.27. The number of fused-ring (bicyclic) bond motifs is 8. The van der Waals surface area contributed by atoms with Gasteiger partial charge in [-0.25, -0.2) is 0 Å². The zero-order valence-electron chi connectivity index (χ0n) is 25.9. The first-order chi connectivity index (χ1) is 23.8. The molecule has 0 aliphatic rings. The Morgan fingerprint density at radius 3 is 1.90 bits per heavy atom. The van der Waals surface area contributed by atoms with Crippen LogP contribution in [0.25, 0.3) is 70.0 Å². The molecule has 0 spiro atoms. The molecule has 226 valence electrons. The van der Waals surface area contributed by atoms with E-state index in [2.05, 4.69) is 173 Å². The number of anilines is 3. The summed E-state index contributed by atoms with van der Waals surface area (Å²) in [6, 6.07) is 60.4. The van der Waals surface area contributed by atoms with Gasteiger partial charge in [-0.15, -0.1) is 11.3 Å². The smallest absolute Gasteiger partial charge is 0.159 e. The molecule has 0 fully saturated rings. The third kappa shape index (κ3) is 4.06. The SMILES string of the molecule is c1ccc(-c2ccc(N(c3cccc4c3oc3ccccc34)c3cccc4c3sc3c5ccccc5n(-c5ccccc5)c43)cc2)cc1. The van der Waals surface area contributed by atoms with Crippen molar-refractivity contribution in [1.29, 1.82) is 0 Å². The van der Waals surface area contributed by atoms with E-state index in [1.807, 2.05) is 17.4 Å². The maximum absolute atomic E-state index is 6.65. The highest BCUT2D eigenvalue weighted by atomic mass is 32.1. The molecule has 7 aromatic carbocycles. The Morgan fingerprint density at radius 2 is 1.08 bits per heavy atom. The fraction of sp³-hybridized carbons (Fsp3) is 0. The molecule has 0 aliphatic carbocycles. The second-order valence-corrected chi connectivity index (χ2v) is 13.1. The van der Waals surface area contributed by atoms with E-state index in [1.165, 1.54) is 42.3 Å². The van der Waals surface area contributed by atoms with E-state index in [0.29, 0.717) is 0 Å². The molecule has 3 heterocycles. The molecule has 0 unspecified atom stereocenters. The van der Waals surface area contributed by atoms with Crippen LogP contribution >= 0.6 is 11.3 Å². The lowest BCUT2D eigenvalue weighted by molar-refractivity contribution is 0.669. The van der Waals surface area contributed by atoms with E-state index in [1.54, 1.807) is 0 Å². The van der Waals surface area contributed by atoms with Crippen LogP contribution in [0.5, 0.6) is 0 Å². The molecule has 10 rings (SSSR count). The van der Waals surface area contributed by atoms with Crippen LogP contribution in [0.1, 0.15) is 0 Å². The van der Waals surface area contributed by atoms with E-state index in [0.717, 1.165) is 44.7 Å². The molecule has 0 saturated heterocycles. The molecule has 0 bridgehead atoms. The zero-order chi connectivity index (χ0) is 31.6. The number of nitrogens with zero attached hydrogens (tertiary/aromatic N) is 2. The van der Waals surface area contributed by atoms with Crippen LogP contribution in [-0.2, 0) is 0 Å². The van der Waals surface area contributed by atoms with Crippen molar-refractivity contribution >= 4 is 81.5 Å². The summed E-state index contributed by atoms with van der Waals surface area (Å²) < 4.78 is 11.6. The van der Waals surface area contributed by atoms with Gasteiger partial charge in [0, 0.05) is 32.9 Å². The molecule has 3 aromatic heterocycles. The number of hydrogen-bond acceptors (Lipinski definition) is 3. The lowest BCUT2D eigenvalue weighted by Crippen LogP contribution is -2.10. The van der Waals surface area contributed by atoms with E-state index < -0.39 is 0 Å². The van der Waals surface area contributed by atoms with E-state index in [-0.39, 0.29) is 0 Å². The van der Waals surface area contributed by atoms with Gasteiger partial charge in [-0.05, 0) is 59.7 Å². The molecule has 0 atom stereocenters. The first kappa shape index (κ1) is 27.1.